The Morgan fingerprint density at radius 2 is 1.14 bits per heavy atom. The fraction of sp³-hybridized carbons (Fsp3) is 0. The Kier molecular flexibility index (Phi) is 4.63. The maximum atomic E-state index is 6.48. The van der Waals surface area contributed by atoms with E-state index in [1.54, 1.807) is 6.26 Å². The highest BCUT2D eigenvalue weighted by atomic mass is 32.1. The summed E-state index contributed by atoms with van der Waals surface area (Å²) < 4.78 is 15.0. The molecule has 0 fully saturated rings. The summed E-state index contributed by atoms with van der Waals surface area (Å²) in [6.07, 6.45) is 1.73. The van der Waals surface area contributed by atoms with Crippen LogP contribution in [0.15, 0.2) is 142 Å². The molecule has 3 aromatic heterocycles. The number of rotatable bonds is 2. The van der Waals surface area contributed by atoms with Crippen molar-refractivity contribution < 1.29 is 8.83 Å². The first-order chi connectivity index (χ1) is 21.3. The molecule has 3 heterocycles. The molecule has 43 heavy (non-hydrogen) atoms. The van der Waals surface area contributed by atoms with Gasteiger partial charge in [-0.05, 0) is 74.1 Å². The maximum Gasteiger partial charge on any atom is 0.178 e. The summed E-state index contributed by atoms with van der Waals surface area (Å²) in [6, 6.07) is 46.1. The molecule has 0 aliphatic carbocycles. The molecule has 0 radical (unpaired) electrons. The second-order valence-electron chi connectivity index (χ2n) is 11.2. The quantitative estimate of drug-likeness (QED) is 0.195. The predicted octanol–water partition coefficient (Wildman–Crippen LogP) is 12.3. The molecular weight excluding hydrogens is 545 g/mol. The SMILES string of the molecule is c1cc(-c2c3ccccc3c(-c3ccc4c(c3)sc3ccccc34)c3ccccc23)c2c(c1)oc1c2ccc2ccoc21. The Bertz CT molecular complexity index is 2680. The molecular formula is C40H22O2S. The lowest BCUT2D eigenvalue weighted by atomic mass is 9.85. The lowest BCUT2D eigenvalue weighted by molar-refractivity contribution is 0.600. The van der Waals surface area contributed by atoms with Crippen LogP contribution in [0.25, 0.3) is 96.9 Å². The molecule has 0 unspecified atom stereocenters. The van der Waals surface area contributed by atoms with E-state index in [1.807, 2.05) is 17.4 Å². The van der Waals surface area contributed by atoms with Gasteiger partial charge in [0.2, 0.25) is 0 Å². The number of hydrogen-bond donors (Lipinski definition) is 0. The molecule has 0 aliphatic rings. The van der Waals surface area contributed by atoms with Crippen LogP contribution in [0.4, 0.5) is 0 Å². The highest BCUT2D eigenvalue weighted by Gasteiger charge is 2.21. The molecule has 10 aromatic rings. The van der Waals surface area contributed by atoms with Crippen molar-refractivity contribution >= 4 is 86.0 Å². The summed E-state index contributed by atoms with van der Waals surface area (Å²) >= 11 is 1.87. The van der Waals surface area contributed by atoms with Crippen LogP contribution < -0.4 is 0 Å². The molecule has 0 saturated carbocycles. The highest BCUT2D eigenvalue weighted by molar-refractivity contribution is 7.25. The zero-order valence-electron chi connectivity index (χ0n) is 22.9. The minimum Gasteiger partial charge on any atom is -0.460 e. The van der Waals surface area contributed by atoms with Crippen LogP contribution in [-0.4, -0.2) is 0 Å². The molecule has 7 aromatic carbocycles. The summed E-state index contributed by atoms with van der Waals surface area (Å²) in [6.45, 7) is 0. The van der Waals surface area contributed by atoms with E-state index in [0.717, 1.165) is 32.9 Å². The number of benzene rings is 7. The van der Waals surface area contributed by atoms with Crippen molar-refractivity contribution in [3.63, 3.8) is 0 Å². The second kappa shape index (κ2) is 8.57. The summed E-state index contributed by atoms with van der Waals surface area (Å²) in [5, 5.41) is 10.8. The molecule has 0 spiro atoms. The Balaban J connectivity index is 1.33. The number of fused-ring (bicyclic) bond motifs is 10. The van der Waals surface area contributed by atoms with E-state index in [4.69, 9.17) is 8.83 Å². The van der Waals surface area contributed by atoms with Gasteiger partial charge in [0.25, 0.3) is 0 Å². The first-order valence-electron chi connectivity index (χ1n) is 14.5. The van der Waals surface area contributed by atoms with E-state index in [2.05, 4.69) is 121 Å². The molecule has 0 atom stereocenters. The maximum absolute atomic E-state index is 6.48. The van der Waals surface area contributed by atoms with Crippen LogP contribution in [0, 0.1) is 0 Å². The smallest absolute Gasteiger partial charge is 0.178 e. The average molecular weight is 567 g/mol. The molecule has 3 heteroatoms. The van der Waals surface area contributed by atoms with Gasteiger partial charge in [-0.1, -0.05) is 97.1 Å². The van der Waals surface area contributed by atoms with E-state index in [0.29, 0.717) is 0 Å². The molecule has 0 bridgehead atoms. The molecule has 0 aliphatic heterocycles. The summed E-state index contributed by atoms with van der Waals surface area (Å²) in [4.78, 5) is 0. The summed E-state index contributed by atoms with van der Waals surface area (Å²) in [7, 11) is 0. The molecule has 0 amide bonds. The number of hydrogen-bond acceptors (Lipinski definition) is 3. The Morgan fingerprint density at radius 3 is 1.93 bits per heavy atom. The fourth-order valence-corrected chi connectivity index (χ4v) is 8.27. The molecule has 200 valence electrons. The van der Waals surface area contributed by atoms with Crippen molar-refractivity contribution in [1.29, 1.82) is 0 Å². The van der Waals surface area contributed by atoms with E-state index >= 15 is 0 Å². The highest BCUT2D eigenvalue weighted by Crippen LogP contribution is 2.48. The van der Waals surface area contributed by atoms with Gasteiger partial charge in [0.1, 0.15) is 5.58 Å². The second-order valence-corrected chi connectivity index (χ2v) is 12.3. The normalized spacial score (nSPS) is 12.2. The van der Waals surface area contributed by atoms with Gasteiger partial charge in [-0.2, -0.15) is 0 Å². The zero-order valence-corrected chi connectivity index (χ0v) is 23.7. The molecule has 2 nitrogen and oxygen atoms in total. The topological polar surface area (TPSA) is 26.3 Å². The van der Waals surface area contributed by atoms with Crippen LogP contribution in [0.1, 0.15) is 0 Å². The lowest BCUT2D eigenvalue weighted by Gasteiger charge is -2.18. The van der Waals surface area contributed by atoms with Gasteiger partial charge in [0.05, 0.1) is 6.26 Å². The number of furan rings is 2. The van der Waals surface area contributed by atoms with Crippen LogP contribution in [-0.2, 0) is 0 Å². The molecule has 0 saturated heterocycles. The predicted molar refractivity (Wildman–Crippen MR) is 182 cm³/mol. The zero-order chi connectivity index (χ0) is 28.1. The van der Waals surface area contributed by atoms with E-state index < -0.39 is 0 Å². The summed E-state index contributed by atoms with van der Waals surface area (Å²) in [5.41, 5.74) is 7.37. The average Bonchev–Trinajstić information content (AvgIpc) is 3.78. The third-order valence-electron chi connectivity index (χ3n) is 8.95. The first-order valence-corrected chi connectivity index (χ1v) is 15.3. The third-order valence-corrected chi connectivity index (χ3v) is 10.1. The van der Waals surface area contributed by atoms with Gasteiger partial charge in [-0.3, -0.25) is 0 Å². The Morgan fingerprint density at radius 1 is 0.465 bits per heavy atom. The van der Waals surface area contributed by atoms with Crippen LogP contribution in [0.3, 0.4) is 0 Å². The van der Waals surface area contributed by atoms with Crippen molar-refractivity contribution in [2.75, 3.05) is 0 Å². The van der Waals surface area contributed by atoms with E-state index in [-0.39, 0.29) is 0 Å². The van der Waals surface area contributed by atoms with Gasteiger partial charge in [0, 0.05) is 36.3 Å². The van der Waals surface area contributed by atoms with Crippen molar-refractivity contribution in [2.45, 2.75) is 0 Å². The third kappa shape index (κ3) is 3.17. The van der Waals surface area contributed by atoms with Gasteiger partial charge in [-0.25, -0.2) is 0 Å². The standard InChI is InChI=1S/C40H22O2S/c1-3-11-29-27(9-1)36(24-17-18-26-25-8-5-6-15-34(25)43-35(26)22-24)28-10-2-4-12-30(28)37(29)31-13-7-14-33-38(31)32-19-16-23-20-21-41-39(23)40(32)42-33/h1-22H. The Hall–Kier alpha value is -5.38. The van der Waals surface area contributed by atoms with Gasteiger partial charge in [0.15, 0.2) is 11.2 Å². The van der Waals surface area contributed by atoms with Crippen LogP contribution in [0.2, 0.25) is 0 Å². The first kappa shape index (κ1) is 23.2. The van der Waals surface area contributed by atoms with E-state index in [9.17, 15) is 0 Å². The molecule has 0 N–H and O–H groups in total. The number of thiophene rings is 1. The van der Waals surface area contributed by atoms with Crippen molar-refractivity contribution in [1.82, 2.24) is 0 Å². The monoisotopic (exact) mass is 566 g/mol. The largest absolute Gasteiger partial charge is 0.460 e. The lowest BCUT2D eigenvalue weighted by Crippen LogP contribution is -1.91. The van der Waals surface area contributed by atoms with Gasteiger partial charge < -0.3 is 8.83 Å². The minimum absolute atomic E-state index is 0.793. The fourth-order valence-electron chi connectivity index (χ4n) is 7.13. The summed E-state index contributed by atoms with van der Waals surface area (Å²) in [5.74, 6) is 0. The van der Waals surface area contributed by atoms with Crippen LogP contribution >= 0.6 is 11.3 Å². The van der Waals surface area contributed by atoms with Crippen LogP contribution in [0.5, 0.6) is 0 Å². The van der Waals surface area contributed by atoms with Crippen molar-refractivity contribution in [2.24, 2.45) is 0 Å². The van der Waals surface area contributed by atoms with Crippen molar-refractivity contribution in [3.05, 3.63) is 134 Å². The van der Waals surface area contributed by atoms with Gasteiger partial charge in [-0.15, -0.1) is 11.3 Å². The minimum atomic E-state index is 0.793. The van der Waals surface area contributed by atoms with Gasteiger partial charge >= 0.3 is 0 Å². The van der Waals surface area contributed by atoms with Crippen molar-refractivity contribution in [3.8, 4) is 22.3 Å². The van der Waals surface area contributed by atoms with E-state index in [1.165, 1.54) is 64.0 Å². The Labute approximate surface area is 250 Å². The molecule has 10 rings (SSSR count).